The van der Waals surface area contributed by atoms with Crippen LogP contribution in [0.15, 0.2) is 12.4 Å². The molecule has 3 aliphatic rings. The van der Waals surface area contributed by atoms with Gasteiger partial charge in [-0.05, 0) is 51.6 Å². The van der Waals surface area contributed by atoms with Crippen molar-refractivity contribution in [1.29, 1.82) is 0 Å². The number of aromatic nitrogens is 3. The van der Waals surface area contributed by atoms with Gasteiger partial charge in [0.2, 0.25) is 5.91 Å². The maximum atomic E-state index is 13.5. The van der Waals surface area contributed by atoms with E-state index in [2.05, 4.69) is 44.9 Å². The van der Waals surface area contributed by atoms with Gasteiger partial charge in [-0.15, -0.1) is 5.10 Å². The van der Waals surface area contributed by atoms with Gasteiger partial charge >= 0.3 is 0 Å². The summed E-state index contributed by atoms with van der Waals surface area (Å²) in [4.78, 5) is 34.6. The predicted octanol–water partition coefficient (Wildman–Crippen LogP) is -0.311. The van der Waals surface area contributed by atoms with Crippen LogP contribution in [0.1, 0.15) is 36.5 Å². The van der Waals surface area contributed by atoms with Crippen LogP contribution in [0.2, 0.25) is 0 Å². The van der Waals surface area contributed by atoms with E-state index in [1.807, 2.05) is 4.90 Å². The number of hydrogen-bond donors (Lipinski definition) is 4. The standard InChI is InChI=1S/C24H36FN9O2/c1-14-16(3-4-18(29-14)24(36)33-9-7-32(2)8-10-33)17-5-6-27-12-19(17)30-23(35)20-21(26)31-34-13-15(25)11-28-22(20)34/h11,13-14,16-19,27,29H,3-10,12H2,1-2H3,(H2,26,31)(H,30,35). The van der Waals surface area contributed by atoms with Gasteiger partial charge < -0.3 is 31.5 Å². The average Bonchev–Trinajstić information content (AvgIpc) is 3.19. The van der Waals surface area contributed by atoms with Crippen LogP contribution >= 0.6 is 0 Å². The summed E-state index contributed by atoms with van der Waals surface area (Å²) >= 11 is 0. The van der Waals surface area contributed by atoms with Crippen molar-refractivity contribution < 1.29 is 14.0 Å². The monoisotopic (exact) mass is 501 g/mol. The van der Waals surface area contributed by atoms with Crippen molar-refractivity contribution >= 4 is 23.3 Å². The molecule has 3 fully saturated rings. The van der Waals surface area contributed by atoms with Gasteiger partial charge in [0.05, 0.1) is 18.4 Å². The predicted molar refractivity (Wildman–Crippen MR) is 133 cm³/mol. The van der Waals surface area contributed by atoms with E-state index in [1.54, 1.807) is 0 Å². The van der Waals surface area contributed by atoms with Gasteiger partial charge in [0.1, 0.15) is 5.56 Å². The van der Waals surface area contributed by atoms with Crippen LogP contribution in [0, 0.1) is 17.7 Å². The number of hydrogen-bond acceptors (Lipinski definition) is 8. The van der Waals surface area contributed by atoms with Crippen LogP contribution in [0.3, 0.4) is 0 Å². The first-order valence-electron chi connectivity index (χ1n) is 12.9. The van der Waals surface area contributed by atoms with E-state index in [0.29, 0.717) is 12.5 Å². The Hall–Kier alpha value is -2.83. The molecule has 11 nitrogen and oxygen atoms in total. The number of halogens is 1. The molecule has 36 heavy (non-hydrogen) atoms. The summed E-state index contributed by atoms with van der Waals surface area (Å²) in [6.45, 7) is 7.05. The van der Waals surface area contributed by atoms with Crippen LogP contribution in [0.5, 0.6) is 0 Å². The highest BCUT2D eigenvalue weighted by Gasteiger charge is 2.41. The quantitative estimate of drug-likeness (QED) is 0.449. The van der Waals surface area contributed by atoms with Crippen LogP contribution in [0.25, 0.3) is 5.65 Å². The Labute approximate surface area is 210 Å². The third kappa shape index (κ3) is 4.89. The molecule has 0 aliphatic carbocycles. The molecule has 2 amide bonds. The molecule has 5 heterocycles. The SMILES string of the molecule is CC1NC(C(=O)N2CCN(C)CC2)CCC1C1CCNCC1NC(=O)c1c(N)nn2cc(F)cnc12. The summed E-state index contributed by atoms with van der Waals surface area (Å²) in [5.74, 6) is -0.134. The minimum atomic E-state index is -0.559. The second-order valence-electron chi connectivity index (χ2n) is 10.4. The number of nitrogen functional groups attached to an aromatic ring is 1. The van der Waals surface area contributed by atoms with Crippen LogP contribution in [-0.2, 0) is 4.79 Å². The maximum Gasteiger partial charge on any atom is 0.259 e. The fraction of sp³-hybridized carbons (Fsp3) is 0.667. The molecule has 0 radical (unpaired) electrons. The Balaban J connectivity index is 1.25. The molecule has 5 unspecified atom stereocenters. The molecular formula is C24H36FN9O2. The third-order valence-corrected chi connectivity index (χ3v) is 8.11. The van der Waals surface area contributed by atoms with Crippen molar-refractivity contribution in [3.05, 3.63) is 23.8 Å². The first-order valence-corrected chi connectivity index (χ1v) is 12.9. The number of carbonyl (C=O) groups is 2. The van der Waals surface area contributed by atoms with Crippen molar-refractivity contribution in [2.24, 2.45) is 11.8 Å². The average molecular weight is 502 g/mol. The van der Waals surface area contributed by atoms with Crippen molar-refractivity contribution in [3.63, 3.8) is 0 Å². The van der Waals surface area contributed by atoms with Gasteiger partial charge in [-0.1, -0.05) is 0 Å². The number of nitrogens with two attached hydrogens (primary N) is 1. The first-order chi connectivity index (χ1) is 17.3. The smallest absolute Gasteiger partial charge is 0.259 e. The zero-order valence-corrected chi connectivity index (χ0v) is 20.9. The molecule has 0 spiro atoms. The Morgan fingerprint density at radius 2 is 1.94 bits per heavy atom. The summed E-state index contributed by atoms with van der Waals surface area (Å²) in [6, 6.07) is -0.117. The Morgan fingerprint density at radius 1 is 1.17 bits per heavy atom. The van der Waals surface area contributed by atoms with E-state index >= 15 is 0 Å². The first kappa shape index (κ1) is 24.8. The number of piperazine rings is 1. The van der Waals surface area contributed by atoms with Gasteiger partial charge in [-0.2, -0.15) is 0 Å². The number of amides is 2. The zero-order valence-electron chi connectivity index (χ0n) is 20.9. The van der Waals surface area contributed by atoms with Crippen molar-refractivity contribution in [2.75, 3.05) is 52.0 Å². The number of carbonyl (C=O) groups excluding carboxylic acids is 2. The van der Waals surface area contributed by atoms with Crippen molar-refractivity contribution in [3.8, 4) is 0 Å². The molecule has 3 aliphatic heterocycles. The second-order valence-corrected chi connectivity index (χ2v) is 10.4. The summed E-state index contributed by atoms with van der Waals surface area (Å²) in [5, 5.41) is 14.2. The van der Waals surface area contributed by atoms with Crippen LogP contribution in [0.4, 0.5) is 10.2 Å². The van der Waals surface area contributed by atoms with E-state index in [4.69, 9.17) is 5.73 Å². The largest absolute Gasteiger partial charge is 0.381 e. The molecule has 5 rings (SSSR count). The number of anilines is 1. The van der Waals surface area contributed by atoms with Crippen LogP contribution in [-0.4, -0.2) is 101 Å². The van der Waals surface area contributed by atoms with E-state index < -0.39 is 5.82 Å². The van der Waals surface area contributed by atoms with Gasteiger partial charge in [0, 0.05) is 44.8 Å². The number of likely N-dealkylation sites (N-methyl/N-ethyl adjacent to an activating group) is 1. The number of rotatable bonds is 4. The van der Waals surface area contributed by atoms with Gasteiger partial charge in [0.15, 0.2) is 17.3 Å². The molecule has 0 bridgehead atoms. The fourth-order valence-electron chi connectivity index (χ4n) is 6.10. The van der Waals surface area contributed by atoms with Gasteiger partial charge in [-0.25, -0.2) is 13.9 Å². The molecule has 0 saturated carbocycles. The van der Waals surface area contributed by atoms with E-state index in [-0.39, 0.29) is 52.9 Å². The van der Waals surface area contributed by atoms with Crippen LogP contribution < -0.4 is 21.7 Å². The zero-order chi connectivity index (χ0) is 25.4. The highest BCUT2D eigenvalue weighted by molar-refractivity contribution is 6.04. The summed E-state index contributed by atoms with van der Waals surface area (Å²) < 4.78 is 14.7. The maximum absolute atomic E-state index is 13.5. The van der Waals surface area contributed by atoms with Crippen molar-refractivity contribution in [1.82, 2.24) is 40.3 Å². The molecule has 196 valence electrons. The van der Waals surface area contributed by atoms with Crippen molar-refractivity contribution in [2.45, 2.75) is 44.3 Å². The molecule has 0 aromatic carbocycles. The molecule has 5 atom stereocenters. The van der Waals surface area contributed by atoms with Gasteiger partial charge in [-0.3, -0.25) is 9.59 Å². The third-order valence-electron chi connectivity index (χ3n) is 8.11. The second kappa shape index (κ2) is 10.3. The van der Waals surface area contributed by atoms with Gasteiger partial charge in [0.25, 0.3) is 5.91 Å². The number of piperidine rings is 2. The van der Waals surface area contributed by atoms with E-state index in [1.165, 1.54) is 4.52 Å². The highest BCUT2D eigenvalue weighted by Crippen LogP contribution is 2.33. The molecular weight excluding hydrogens is 465 g/mol. The van der Waals surface area contributed by atoms with E-state index in [9.17, 15) is 14.0 Å². The molecule has 3 saturated heterocycles. The lowest BCUT2D eigenvalue weighted by Gasteiger charge is -2.45. The minimum absolute atomic E-state index is 0.0175. The summed E-state index contributed by atoms with van der Waals surface area (Å²) in [6.07, 6.45) is 4.84. The lowest BCUT2D eigenvalue weighted by Crippen LogP contribution is -2.61. The Kier molecular flexibility index (Phi) is 7.09. The topological polar surface area (TPSA) is 133 Å². The fourth-order valence-corrected chi connectivity index (χ4v) is 6.10. The Morgan fingerprint density at radius 3 is 2.69 bits per heavy atom. The molecule has 12 heteroatoms. The number of nitrogens with one attached hydrogen (secondary N) is 3. The lowest BCUT2D eigenvalue weighted by atomic mass is 9.73. The Bertz CT molecular complexity index is 1120. The summed E-state index contributed by atoms with van der Waals surface area (Å²) in [7, 11) is 2.09. The molecule has 5 N–H and O–H groups in total. The normalized spacial score (nSPS) is 29.9. The number of fused-ring (bicyclic) bond motifs is 1. The highest BCUT2D eigenvalue weighted by atomic mass is 19.1. The number of nitrogens with zero attached hydrogens (tertiary/aromatic N) is 5. The summed E-state index contributed by atoms with van der Waals surface area (Å²) in [5.41, 5.74) is 6.39. The minimum Gasteiger partial charge on any atom is -0.381 e. The molecule has 2 aromatic rings. The lowest BCUT2D eigenvalue weighted by molar-refractivity contribution is -0.136. The van der Waals surface area contributed by atoms with E-state index in [0.717, 1.165) is 64.4 Å². The molecule has 2 aromatic heterocycles.